The molecule has 1 fully saturated rings. The summed E-state index contributed by atoms with van der Waals surface area (Å²) in [6, 6.07) is 21.2. The predicted octanol–water partition coefficient (Wildman–Crippen LogP) is 6.57. The fraction of sp³-hybridized carbons (Fsp3) is 0.133. The predicted molar refractivity (Wildman–Crippen MR) is 154 cm³/mol. The van der Waals surface area contributed by atoms with Crippen LogP contribution in [0.25, 0.3) is 38.1 Å². The SMILES string of the molecule is [C-]#[N+]c1sccc1-c1c(-c2cccc(N3CC(C(=O)OC)C3)c2)n(S(=O)(=O)c2ccccc2)c2ccc(F)cc12. The van der Waals surface area contributed by atoms with Crippen molar-refractivity contribution in [2.45, 2.75) is 4.90 Å². The minimum absolute atomic E-state index is 0.0829. The van der Waals surface area contributed by atoms with Crippen LogP contribution in [-0.4, -0.2) is 38.6 Å². The lowest BCUT2D eigenvalue weighted by Gasteiger charge is -2.39. The Morgan fingerprint density at radius 3 is 2.55 bits per heavy atom. The average molecular weight is 572 g/mol. The van der Waals surface area contributed by atoms with Crippen molar-refractivity contribution in [3.05, 3.63) is 101 Å². The maximum absolute atomic E-state index is 14.7. The van der Waals surface area contributed by atoms with E-state index in [9.17, 15) is 17.6 Å². The molecule has 40 heavy (non-hydrogen) atoms. The van der Waals surface area contributed by atoms with Gasteiger partial charge in [-0.2, -0.15) is 11.3 Å². The molecule has 1 aliphatic rings. The second-order valence-corrected chi connectivity index (χ2v) is 12.1. The fourth-order valence-electron chi connectivity index (χ4n) is 5.15. The second-order valence-electron chi connectivity index (χ2n) is 9.39. The highest BCUT2D eigenvalue weighted by Crippen LogP contribution is 2.48. The van der Waals surface area contributed by atoms with Crippen LogP contribution in [0.1, 0.15) is 0 Å². The molecular weight excluding hydrogens is 549 g/mol. The minimum atomic E-state index is -4.15. The molecule has 2 aromatic heterocycles. The van der Waals surface area contributed by atoms with Crippen molar-refractivity contribution in [2.24, 2.45) is 5.92 Å². The summed E-state index contributed by atoms with van der Waals surface area (Å²) >= 11 is 1.24. The first-order valence-electron chi connectivity index (χ1n) is 12.4. The average Bonchev–Trinajstić information content (AvgIpc) is 3.54. The molecule has 0 amide bonds. The van der Waals surface area contributed by atoms with Crippen molar-refractivity contribution in [1.29, 1.82) is 0 Å². The van der Waals surface area contributed by atoms with Gasteiger partial charge >= 0.3 is 5.97 Å². The van der Waals surface area contributed by atoms with Crippen LogP contribution in [0.15, 0.2) is 89.1 Å². The Morgan fingerprint density at radius 1 is 1.05 bits per heavy atom. The van der Waals surface area contributed by atoms with E-state index in [0.717, 1.165) is 5.69 Å². The van der Waals surface area contributed by atoms with Gasteiger partial charge in [-0.1, -0.05) is 36.4 Å². The normalized spacial score (nSPS) is 13.7. The lowest BCUT2D eigenvalue weighted by Crippen LogP contribution is -2.50. The zero-order valence-electron chi connectivity index (χ0n) is 21.2. The van der Waals surface area contributed by atoms with E-state index in [1.807, 2.05) is 23.1 Å². The molecule has 10 heteroatoms. The van der Waals surface area contributed by atoms with Gasteiger partial charge < -0.3 is 9.64 Å². The summed E-state index contributed by atoms with van der Waals surface area (Å²) in [4.78, 5) is 17.7. The summed E-state index contributed by atoms with van der Waals surface area (Å²) in [7, 11) is -2.78. The van der Waals surface area contributed by atoms with Gasteiger partial charge in [-0.15, -0.1) is 0 Å². The number of carbonyl (C=O) groups excluding carboxylic acids is 1. The zero-order chi connectivity index (χ0) is 28.0. The van der Waals surface area contributed by atoms with Crippen LogP contribution in [-0.2, 0) is 19.6 Å². The van der Waals surface area contributed by atoms with Crippen LogP contribution in [0.3, 0.4) is 0 Å². The Hall–Kier alpha value is -4.46. The Labute approximate surface area is 234 Å². The molecule has 0 saturated carbocycles. The highest BCUT2D eigenvalue weighted by molar-refractivity contribution is 7.90. The van der Waals surface area contributed by atoms with Crippen molar-refractivity contribution in [3.63, 3.8) is 0 Å². The molecule has 0 N–H and O–H groups in total. The number of hydrogen-bond acceptors (Lipinski definition) is 6. The summed E-state index contributed by atoms with van der Waals surface area (Å²) in [6.45, 7) is 8.68. The number of methoxy groups -OCH3 is 1. The van der Waals surface area contributed by atoms with Crippen LogP contribution < -0.4 is 4.90 Å². The van der Waals surface area contributed by atoms with Gasteiger partial charge in [0.1, 0.15) is 5.82 Å². The molecule has 1 saturated heterocycles. The van der Waals surface area contributed by atoms with Crippen LogP contribution in [0.4, 0.5) is 15.1 Å². The van der Waals surface area contributed by atoms with Crippen LogP contribution >= 0.6 is 11.3 Å². The Bertz CT molecular complexity index is 1920. The first-order chi connectivity index (χ1) is 19.3. The van der Waals surface area contributed by atoms with E-state index in [-0.39, 0.29) is 16.8 Å². The van der Waals surface area contributed by atoms with Gasteiger partial charge in [0, 0.05) is 40.9 Å². The summed E-state index contributed by atoms with van der Waals surface area (Å²) in [5.41, 5.74) is 3.02. The quantitative estimate of drug-likeness (QED) is 0.170. The van der Waals surface area contributed by atoms with E-state index in [0.29, 0.717) is 51.4 Å². The van der Waals surface area contributed by atoms with Gasteiger partial charge in [0.25, 0.3) is 10.0 Å². The number of rotatable bonds is 6. The highest BCUT2D eigenvalue weighted by Gasteiger charge is 2.34. The second kappa shape index (κ2) is 9.93. The van der Waals surface area contributed by atoms with E-state index < -0.39 is 15.8 Å². The van der Waals surface area contributed by atoms with Crippen molar-refractivity contribution >= 4 is 48.9 Å². The third-order valence-electron chi connectivity index (χ3n) is 7.08. The molecule has 3 aromatic carbocycles. The monoisotopic (exact) mass is 571 g/mol. The van der Waals surface area contributed by atoms with Crippen LogP contribution in [0.2, 0.25) is 0 Å². The third-order valence-corrected chi connectivity index (χ3v) is 9.62. The van der Waals surface area contributed by atoms with Gasteiger partial charge in [-0.05, 0) is 47.8 Å². The number of anilines is 1. The maximum Gasteiger partial charge on any atom is 0.312 e. The number of fused-ring (bicyclic) bond motifs is 1. The van der Waals surface area contributed by atoms with Crippen LogP contribution in [0.5, 0.6) is 0 Å². The summed E-state index contributed by atoms with van der Waals surface area (Å²) in [6.07, 6.45) is 0. The number of ether oxygens (including phenoxy) is 1. The van der Waals surface area contributed by atoms with Crippen molar-refractivity contribution in [2.75, 3.05) is 25.1 Å². The number of carbonyl (C=O) groups is 1. The Balaban J connectivity index is 1.65. The molecule has 7 nitrogen and oxygen atoms in total. The molecule has 0 aliphatic carbocycles. The molecular formula is C30H22FN3O4S2. The molecule has 1 aliphatic heterocycles. The lowest BCUT2D eigenvalue weighted by atomic mass is 9.97. The largest absolute Gasteiger partial charge is 0.469 e. The smallest absolute Gasteiger partial charge is 0.312 e. The van der Waals surface area contributed by atoms with Gasteiger partial charge in [-0.25, -0.2) is 21.6 Å². The number of benzene rings is 3. The zero-order valence-corrected chi connectivity index (χ0v) is 22.9. The minimum Gasteiger partial charge on any atom is -0.469 e. The van der Waals surface area contributed by atoms with E-state index in [2.05, 4.69) is 4.85 Å². The number of thiophene rings is 1. The first kappa shape index (κ1) is 25.8. The molecule has 0 atom stereocenters. The highest BCUT2D eigenvalue weighted by atomic mass is 32.2. The molecule has 200 valence electrons. The Morgan fingerprint density at radius 2 is 1.82 bits per heavy atom. The summed E-state index contributed by atoms with van der Waals surface area (Å²) < 4.78 is 49.3. The first-order valence-corrected chi connectivity index (χ1v) is 14.7. The molecule has 3 heterocycles. The fourth-order valence-corrected chi connectivity index (χ4v) is 7.40. The molecule has 6 rings (SSSR count). The van der Waals surface area contributed by atoms with Crippen LogP contribution in [0, 0.1) is 18.3 Å². The van der Waals surface area contributed by atoms with Gasteiger partial charge in [0.2, 0.25) is 5.00 Å². The van der Waals surface area contributed by atoms with E-state index in [1.165, 1.54) is 52.8 Å². The van der Waals surface area contributed by atoms with E-state index in [1.54, 1.807) is 35.7 Å². The third kappa shape index (κ3) is 4.15. The van der Waals surface area contributed by atoms with Gasteiger partial charge in [0.05, 0.1) is 35.7 Å². The number of hydrogen-bond donors (Lipinski definition) is 0. The molecule has 0 radical (unpaired) electrons. The number of nitrogens with zero attached hydrogens (tertiary/aromatic N) is 3. The lowest BCUT2D eigenvalue weighted by molar-refractivity contribution is -0.146. The van der Waals surface area contributed by atoms with Gasteiger partial charge in [-0.3, -0.25) is 4.79 Å². The Kier molecular flexibility index (Phi) is 6.41. The molecule has 0 spiro atoms. The van der Waals surface area contributed by atoms with Crippen molar-refractivity contribution in [1.82, 2.24) is 3.97 Å². The standard InChI is InChI=1S/C30H22FN3O4S2/c1-32-29-24(13-14-39-29)27-25-16-21(31)11-12-26(25)34(40(36,37)23-9-4-3-5-10-23)28(27)19-7-6-8-22(15-19)33-17-20(18-33)30(35)38-2/h3-16,20H,17-18H2,2H3. The van der Waals surface area contributed by atoms with E-state index >= 15 is 0 Å². The number of aromatic nitrogens is 1. The summed E-state index contributed by atoms with van der Waals surface area (Å²) in [5.74, 6) is -1.02. The number of esters is 1. The van der Waals surface area contributed by atoms with Crippen molar-refractivity contribution in [3.8, 4) is 22.4 Å². The number of halogens is 1. The molecule has 5 aromatic rings. The van der Waals surface area contributed by atoms with Crippen molar-refractivity contribution < 1.29 is 22.3 Å². The van der Waals surface area contributed by atoms with E-state index in [4.69, 9.17) is 11.3 Å². The molecule has 0 unspecified atom stereocenters. The maximum atomic E-state index is 14.7. The summed E-state index contributed by atoms with van der Waals surface area (Å²) in [5, 5.41) is 2.53. The van der Waals surface area contributed by atoms with Gasteiger partial charge in [0.15, 0.2) is 0 Å². The molecule has 0 bridgehead atoms. The topological polar surface area (TPSA) is 73.0 Å².